The number of imidazole rings is 1. The van der Waals surface area contributed by atoms with Crippen molar-refractivity contribution in [3.05, 3.63) is 96.0 Å². The Kier molecular flexibility index (Phi) is 12.2. The van der Waals surface area contributed by atoms with E-state index in [-0.39, 0.29) is 47.3 Å². The number of nitrogens with one attached hydrogen (secondary N) is 3. The molecule has 302 valence electrons. The molecule has 0 bridgehead atoms. The minimum absolute atomic E-state index is 0.0206. The maximum Gasteiger partial charge on any atom is 0.245 e. The lowest BCUT2D eigenvalue weighted by atomic mass is 9.81. The smallest absolute Gasteiger partial charge is 0.245 e. The Morgan fingerprint density at radius 1 is 0.724 bits per heavy atom. The molecule has 1 aliphatic carbocycles. The summed E-state index contributed by atoms with van der Waals surface area (Å²) in [5.74, 6) is 0.282. The standard InChI is InChI=1S/C48H56N6O4/c1-7-42(55)52-44(28(3)4)46(57)35-12-9-10-13-36(35)47-50-37-23-22-34(27-40(37)51-47)31-17-15-30(16-18-31)33-20-19-32-21-24-38(49-39(32)26-33)41-14-11-25-54(41)48(58)45(29(5)6)53-43(56)8-2/h12,15-24,26-29,36,41,44-45H,7-11,13-14,25H2,1-6H3,(H,50,51)(H,52,55)(H,53,56). The number of Topliss-reactive ketones (excluding diaryl/α,β-unsaturated/α-hetero) is 1. The number of carbonyl (C=O) groups is 4. The number of hydrogen-bond acceptors (Lipinski definition) is 6. The van der Waals surface area contributed by atoms with Crippen LogP contribution >= 0.6 is 0 Å². The first-order valence-electron chi connectivity index (χ1n) is 21.1. The summed E-state index contributed by atoms with van der Waals surface area (Å²) in [4.78, 5) is 67.7. The molecule has 2 aromatic heterocycles. The van der Waals surface area contributed by atoms with Crippen molar-refractivity contribution < 1.29 is 19.2 Å². The Morgan fingerprint density at radius 2 is 1.34 bits per heavy atom. The first-order valence-corrected chi connectivity index (χ1v) is 21.1. The molecule has 3 aromatic carbocycles. The van der Waals surface area contributed by atoms with Crippen molar-refractivity contribution in [2.24, 2.45) is 11.8 Å². The number of pyridine rings is 1. The SMILES string of the molecule is CCC(=O)NC(C(=O)C1=CCCCC1c1nc2ccc(-c3ccc(-c4ccc5ccc(C6CCCN6C(=O)C(NC(=O)CC)C(C)C)nc5c4)cc3)cc2[nH]1)C(C)C. The topological polar surface area (TPSA) is 137 Å². The van der Waals surface area contributed by atoms with Crippen LogP contribution in [0.15, 0.2) is 84.4 Å². The highest BCUT2D eigenvalue weighted by Crippen LogP contribution is 2.37. The van der Waals surface area contributed by atoms with Gasteiger partial charge in [0, 0.05) is 36.3 Å². The predicted molar refractivity (Wildman–Crippen MR) is 230 cm³/mol. The van der Waals surface area contributed by atoms with Crippen LogP contribution in [0.1, 0.15) is 110 Å². The van der Waals surface area contributed by atoms with E-state index in [0.29, 0.717) is 19.4 Å². The first-order chi connectivity index (χ1) is 27.9. The molecule has 10 nitrogen and oxygen atoms in total. The van der Waals surface area contributed by atoms with Crippen molar-refractivity contribution in [3.63, 3.8) is 0 Å². The van der Waals surface area contributed by atoms with Crippen LogP contribution in [-0.2, 0) is 19.2 Å². The summed E-state index contributed by atoms with van der Waals surface area (Å²) in [5.41, 5.74) is 8.51. The van der Waals surface area contributed by atoms with E-state index in [0.717, 1.165) is 93.4 Å². The average Bonchev–Trinajstić information content (AvgIpc) is 3.91. The van der Waals surface area contributed by atoms with Crippen LogP contribution < -0.4 is 10.6 Å². The Morgan fingerprint density at radius 3 is 2.02 bits per heavy atom. The Hall–Kier alpha value is -5.64. The fourth-order valence-electron chi connectivity index (χ4n) is 8.46. The van der Waals surface area contributed by atoms with E-state index in [9.17, 15) is 19.2 Å². The second-order valence-corrected chi connectivity index (χ2v) is 16.6. The molecule has 1 aliphatic heterocycles. The quantitative estimate of drug-likeness (QED) is 0.109. The van der Waals surface area contributed by atoms with E-state index in [1.807, 2.05) is 50.8 Å². The van der Waals surface area contributed by atoms with E-state index in [1.165, 1.54) is 0 Å². The summed E-state index contributed by atoms with van der Waals surface area (Å²) in [6, 6.07) is 23.9. The number of likely N-dealkylation sites (tertiary alicyclic amines) is 1. The van der Waals surface area contributed by atoms with Crippen LogP contribution in [-0.4, -0.2) is 62.0 Å². The van der Waals surface area contributed by atoms with Gasteiger partial charge in [-0.3, -0.25) is 24.2 Å². The van der Waals surface area contributed by atoms with Crippen molar-refractivity contribution in [3.8, 4) is 22.3 Å². The Labute approximate surface area is 341 Å². The summed E-state index contributed by atoms with van der Waals surface area (Å²) in [6.07, 6.45) is 7.07. The molecule has 58 heavy (non-hydrogen) atoms. The minimum Gasteiger partial charge on any atom is -0.346 e. The minimum atomic E-state index is -0.563. The molecule has 7 rings (SSSR count). The number of nitrogens with zero attached hydrogens (tertiary/aromatic N) is 3. The van der Waals surface area contributed by atoms with Crippen molar-refractivity contribution in [2.75, 3.05) is 6.54 Å². The molecule has 1 fully saturated rings. The normalized spacial score (nSPS) is 18.1. The molecule has 4 unspecified atom stereocenters. The van der Waals surface area contributed by atoms with Gasteiger partial charge in [-0.05, 0) is 90.5 Å². The molecule has 3 heterocycles. The number of rotatable bonds is 13. The third kappa shape index (κ3) is 8.47. The third-order valence-corrected chi connectivity index (χ3v) is 11.9. The highest BCUT2D eigenvalue weighted by molar-refractivity contribution is 6.03. The van der Waals surface area contributed by atoms with Gasteiger partial charge in [-0.15, -0.1) is 0 Å². The summed E-state index contributed by atoms with van der Waals surface area (Å²) in [7, 11) is 0. The number of H-pyrrole nitrogens is 1. The fraction of sp³-hybridized carbons (Fsp3) is 0.417. The predicted octanol–water partition coefficient (Wildman–Crippen LogP) is 8.97. The highest BCUT2D eigenvalue weighted by Gasteiger charge is 2.37. The van der Waals surface area contributed by atoms with Gasteiger partial charge in [-0.2, -0.15) is 0 Å². The molecule has 0 spiro atoms. The number of fused-ring (bicyclic) bond motifs is 2. The number of ketones is 1. The van der Waals surface area contributed by atoms with Crippen LogP contribution in [0.3, 0.4) is 0 Å². The first kappa shape index (κ1) is 40.6. The summed E-state index contributed by atoms with van der Waals surface area (Å²) in [6.45, 7) is 12.1. The molecule has 10 heteroatoms. The number of carbonyl (C=O) groups excluding carboxylic acids is 4. The Bertz CT molecular complexity index is 2360. The maximum absolute atomic E-state index is 13.8. The van der Waals surface area contributed by atoms with Crippen LogP contribution in [0.5, 0.6) is 0 Å². The van der Waals surface area contributed by atoms with Gasteiger partial charge in [-0.25, -0.2) is 4.98 Å². The third-order valence-electron chi connectivity index (χ3n) is 11.9. The van der Waals surface area contributed by atoms with Gasteiger partial charge < -0.3 is 20.5 Å². The van der Waals surface area contributed by atoms with Crippen LogP contribution in [0.4, 0.5) is 0 Å². The molecule has 4 atom stereocenters. The fourth-order valence-corrected chi connectivity index (χ4v) is 8.46. The number of allylic oxidation sites excluding steroid dienone is 1. The monoisotopic (exact) mass is 780 g/mol. The molecular weight excluding hydrogens is 725 g/mol. The number of aromatic amines is 1. The summed E-state index contributed by atoms with van der Waals surface area (Å²) in [5, 5.41) is 6.93. The van der Waals surface area contributed by atoms with Gasteiger partial charge in [0.05, 0.1) is 34.3 Å². The molecule has 5 aromatic rings. The zero-order valence-corrected chi connectivity index (χ0v) is 34.6. The van der Waals surface area contributed by atoms with Crippen molar-refractivity contribution >= 4 is 45.4 Å². The van der Waals surface area contributed by atoms with Gasteiger partial charge in [0.1, 0.15) is 11.9 Å². The van der Waals surface area contributed by atoms with E-state index in [1.54, 1.807) is 13.8 Å². The molecule has 2 aliphatic rings. The lowest BCUT2D eigenvalue weighted by Gasteiger charge is -2.31. The molecule has 3 amide bonds. The lowest BCUT2D eigenvalue weighted by Crippen LogP contribution is -2.51. The maximum atomic E-state index is 13.8. The number of amides is 3. The van der Waals surface area contributed by atoms with Gasteiger partial charge in [0.2, 0.25) is 17.7 Å². The van der Waals surface area contributed by atoms with Crippen molar-refractivity contribution in [1.29, 1.82) is 0 Å². The number of aromatic nitrogens is 3. The van der Waals surface area contributed by atoms with Gasteiger partial charge in [0.25, 0.3) is 0 Å². The molecular formula is C48H56N6O4. The van der Waals surface area contributed by atoms with E-state index in [2.05, 4.69) is 76.3 Å². The molecule has 0 saturated carbocycles. The van der Waals surface area contributed by atoms with Crippen molar-refractivity contribution in [1.82, 2.24) is 30.5 Å². The van der Waals surface area contributed by atoms with Crippen LogP contribution in [0.25, 0.3) is 44.2 Å². The second-order valence-electron chi connectivity index (χ2n) is 16.6. The highest BCUT2D eigenvalue weighted by atomic mass is 16.2. The molecule has 3 N–H and O–H groups in total. The summed E-state index contributed by atoms with van der Waals surface area (Å²) >= 11 is 0. The van der Waals surface area contributed by atoms with E-state index < -0.39 is 12.1 Å². The molecule has 1 saturated heterocycles. The average molecular weight is 781 g/mol. The summed E-state index contributed by atoms with van der Waals surface area (Å²) < 4.78 is 0. The van der Waals surface area contributed by atoms with Gasteiger partial charge >= 0.3 is 0 Å². The largest absolute Gasteiger partial charge is 0.346 e. The van der Waals surface area contributed by atoms with Gasteiger partial charge in [0.15, 0.2) is 5.78 Å². The number of hydrogen-bond donors (Lipinski definition) is 3. The zero-order valence-electron chi connectivity index (χ0n) is 34.6. The van der Waals surface area contributed by atoms with Crippen LogP contribution in [0, 0.1) is 11.8 Å². The molecule has 0 radical (unpaired) electrons. The second kappa shape index (κ2) is 17.5. The number of benzene rings is 3. The van der Waals surface area contributed by atoms with Crippen LogP contribution in [0.2, 0.25) is 0 Å². The zero-order chi connectivity index (χ0) is 41.1. The van der Waals surface area contributed by atoms with Gasteiger partial charge in [-0.1, -0.05) is 96.1 Å². The lowest BCUT2D eigenvalue weighted by molar-refractivity contribution is -0.138. The van der Waals surface area contributed by atoms with E-state index in [4.69, 9.17) is 9.97 Å². The van der Waals surface area contributed by atoms with Crippen molar-refractivity contribution in [2.45, 2.75) is 111 Å². The van der Waals surface area contributed by atoms with E-state index >= 15 is 0 Å². The Balaban J connectivity index is 1.09.